The van der Waals surface area contributed by atoms with E-state index in [-0.39, 0.29) is 29.5 Å². The molecule has 0 aromatic heterocycles. The molecule has 0 bridgehead atoms. The zero-order valence-electron chi connectivity index (χ0n) is 13.5. The van der Waals surface area contributed by atoms with Gasteiger partial charge in [0.1, 0.15) is 5.82 Å². The minimum absolute atomic E-state index is 0.0257. The summed E-state index contributed by atoms with van der Waals surface area (Å²) in [4.78, 5) is 11.5. The standard InChI is InChI=1S/C17H23FO4/c1-5-10(6-11-7-13(11)17(19)22-4)12-8-15(20-2)16(21-3)9-14(12)18/h8-11,13H,5-7H2,1-4H3. The van der Waals surface area contributed by atoms with Crippen LogP contribution < -0.4 is 9.47 Å². The molecule has 0 N–H and O–H groups in total. The third kappa shape index (κ3) is 3.34. The van der Waals surface area contributed by atoms with Gasteiger partial charge < -0.3 is 14.2 Å². The minimum Gasteiger partial charge on any atom is -0.493 e. The molecule has 0 radical (unpaired) electrons. The topological polar surface area (TPSA) is 44.8 Å². The number of ether oxygens (including phenoxy) is 3. The molecule has 1 saturated carbocycles. The lowest BCUT2D eigenvalue weighted by atomic mass is 9.90. The Morgan fingerprint density at radius 1 is 1.27 bits per heavy atom. The summed E-state index contributed by atoms with van der Waals surface area (Å²) in [6.07, 6.45) is 2.41. The summed E-state index contributed by atoms with van der Waals surface area (Å²) in [6, 6.07) is 3.07. The first-order chi connectivity index (χ1) is 10.5. The minimum atomic E-state index is -0.292. The van der Waals surface area contributed by atoms with Gasteiger partial charge in [-0.3, -0.25) is 4.79 Å². The van der Waals surface area contributed by atoms with Crippen molar-refractivity contribution >= 4 is 5.97 Å². The van der Waals surface area contributed by atoms with Crippen LogP contribution in [0.5, 0.6) is 11.5 Å². The zero-order chi connectivity index (χ0) is 16.3. The van der Waals surface area contributed by atoms with Crippen LogP contribution in [0, 0.1) is 17.7 Å². The average molecular weight is 310 g/mol. The Morgan fingerprint density at radius 2 is 1.91 bits per heavy atom. The van der Waals surface area contributed by atoms with E-state index in [4.69, 9.17) is 14.2 Å². The normalized spacial score (nSPS) is 21.1. The lowest BCUT2D eigenvalue weighted by molar-refractivity contribution is -0.142. The highest BCUT2D eigenvalue weighted by atomic mass is 19.1. The second kappa shape index (κ2) is 6.99. The van der Waals surface area contributed by atoms with Crippen LogP contribution in [-0.4, -0.2) is 27.3 Å². The summed E-state index contributed by atoms with van der Waals surface area (Å²) in [6.45, 7) is 2.02. The van der Waals surface area contributed by atoms with Crippen LogP contribution in [0.2, 0.25) is 0 Å². The number of carbonyl (C=O) groups excluding carboxylic acids is 1. The predicted octanol–water partition coefficient (Wildman–Crippen LogP) is 3.54. The van der Waals surface area contributed by atoms with Crippen molar-refractivity contribution in [3.63, 3.8) is 0 Å². The first-order valence-corrected chi connectivity index (χ1v) is 7.54. The van der Waals surface area contributed by atoms with Gasteiger partial charge in [0.25, 0.3) is 0 Å². The van der Waals surface area contributed by atoms with Gasteiger partial charge >= 0.3 is 5.97 Å². The van der Waals surface area contributed by atoms with Gasteiger partial charge in [-0.15, -0.1) is 0 Å². The summed E-state index contributed by atoms with van der Waals surface area (Å²) in [5, 5.41) is 0. The van der Waals surface area contributed by atoms with E-state index >= 15 is 0 Å². The van der Waals surface area contributed by atoms with E-state index in [1.807, 2.05) is 6.92 Å². The Hall–Kier alpha value is -1.78. The van der Waals surface area contributed by atoms with E-state index in [0.717, 1.165) is 19.3 Å². The fourth-order valence-corrected chi connectivity index (χ4v) is 3.01. The highest BCUT2D eigenvalue weighted by molar-refractivity contribution is 5.75. The maximum absolute atomic E-state index is 14.4. The summed E-state index contributed by atoms with van der Waals surface area (Å²) in [7, 11) is 4.43. The Balaban J connectivity index is 2.16. The molecule has 1 aliphatic rings. The van der Waals surface area contributed by atoms with Crippen molar-refractivity contribution in [2.24, 2.45) is 11.8 Å². The molecule has 0 amide bonds. The van der Waals surface area contributed by atoms with E-state index in [1.165, 1.54) is 27.4 Å². The second-order valence-electron chi connectivity index (χ2n) is 5.70. The number of rotatable bonds is 7. The van der Waals surface area contributed by atoms with E-state index < -0.39 is 0 Å². The quantitative estimate of drug-likeness (QED) is 0.723. The summed E-state index contributed by atoms with van der Waals surface area (Å²) in [5.41, 5.74) is 0.621. The molecule has 1 fully saturated rings. The largest absolute Gasteiger partial charge is 0.493 e. The summed E-state index contributed by atoms with van der Waals surface area (Å²) < 4.78 is 29.5. The van der Waals surface area contributed by atoms with Gasteiger partial charge in [-0.1, -0.05) is 6.92 Å². The van der Waals surface area contributed by atoms with Crippen molar-refractivity contribution < 1.29 is 23.4 Å². The van der Waals surface area contributed by atoms with Gasteiger partial charge in [-0.25, -0.2) is 4.39 Å². The molecule has 122 valence electrons. The fraction of sp³-hybridized carbons (Fsp3) is 0.588. The van der Waals surface area contributed by atoms with Crippen LogP contribution in [0.1, 0.15) is 37.7 Å². The van der Waals surface area contributed by atoms with Crippen molar-refractivity contribution in [3.8, 4) is 11.5 Å². The van der Waals surface area contributed by atoms with Crippen molar-refractivity contribution in [2.75, 3.05) is 21.3 Å². The molecule has 3 unspecified atom stereocenters. The Morgan fingerprint density at radius 3 is 2.45 bits per heavy atom. The van der Waals surface area contributed by atoms with Gasteiger partial charge in [0.2, 0.25) is 0 Å². The van der Waals surface area contributed by atoms with Crippen molar-refractivity contribution in [2.45, 2.75) is 32.1 Å². The number of benzene rings is 1. The third-order valence-corrected chi connectivity index (χ3v) is 4.45. The average Bonchev–Trinajstić information content (AvgIpc) is 3.31. The van der Waals surface area contributed by atoms with Crippen molar-refractivity contribution in [3.05, 3.63) is 23.5 Å². The molecular weight excluding hydrogens is 287 g/mol. The highest BCUT2D eigenvalue weighted by Gasteiger charge is 2.44. The van der Waals surface area contributed by atoms with Crippen LogP contribution in [0.25, 0.3) is 0 Å². The van der Waals surface area contributed by atoms with Crippen LogP contribution in [0.4, 0.5) is 4.39 Å². The molecule has 1 aromatic carbocycles. The first kappa shape index (κ1) is 16.6. The molecule has 22 heavy (non-hydrogen) atoms. The number of esters is 1. The van der Waals surface area contributed by atoms with Gasteiger partial charge in [0.05, 0.1) is 27.2 Å². The molecule has 1 aromatic rings. The van der Waals surface area contributed by atoms with Gasteiger partial charge in [-0.05, 0) is 42.7 Å². The Labute approximate surface area is 130 Å². The lowest BCUT2D eigenvalue weighted by Crippen LogP contribution is -2.08. The number of hydrogen-bond acceptors (Lipinski definition) is 4. The molecule has 0 heterocycles. The maximum Gasteiger partial charge on any atom is 0.308 e. The number of halogens is 1. The molecular formula is C17H23FO4. The number of hydrogen-bond donors (Lipinski definition) is 0. The fourth-order valence-electron chi connectivity index (χ4n) is 3.01. The first-order valence-electron chi connectivity index (χ1n) is 7.54. The van der Waals surface area contributed by atoms with E-state index in [1.54, 1.807) is 6.07 Å². The predicted molar refractivity (Wildman–Crippen MR) is 80.8 cm³/mol. The van der Waals surface area contributed by atoms with Crippen LogP contribution in [-0.2, 0) is 9.53 Å². The third-order valence-electron chi connectivity index (χ3n) is 4.45. The molecule has 0 aliphatic heterocycles. The number of methoxy groups -OCH3 is 3. The molecule has 1 aliphatic carbocycles. The van der Waals surface area contributed by atoms with Crippen LogP contribution in [0.3, 0.4) is 0 Å². The smallest absolute Gasteiger partial charge is 0.308 e. The lowest BCUT2D eigenvalue weighted by Gasteiger charge is -2.18. The van der Waals surface area contributed by atoms with E-state index in [2.05, 4.69) is 0 Å². The molecule has 4 nitrogen and oxygen atoms in total. The van der Waals surface area contributed by atoms with Crippen LogP contribution >= 0.6 is 0 Å². The Kier molecular flexibility index (Phi) is 5.27. The molecule has 3 atom stereocenters. The summed E-state index contributed by atoms with van der Waals surface area (Å²) >= 11 is 0. The molecule has 5 heteroatoms. The van der Waals surface area contributed by atoms with E-state index in [0.29, 0.717) is 17.1 Å². The summed E-state index contributed by atoms with van der Waals surface area (Å²) in [5.74, 6) is 0.772. The van der Waals surface area contributed by atoms with Crippen molar-refractivity contribution in [1.29, 1.82) is 0 Å². The van der Waals surface area contributed by atoms with E-state index in [9.17, 15) is 9.18 Å². The monoisotopic (exact) mass is 310 g/mol. The number of carbonyl (C=O) groups is 1. The van der Waals surface area contributed by atoms with Gasteiger partial charge in [0, 0.05) is 6.07 Å². The Bertz CT molecular complexity index is 544. The maximum atomic E-state index is 14.4. The molecule has 0 saturated heterocycles. The second-order valence-corrected chi connectivity index (χ2v) is 5.70. The SMILES string of the molecule is CCC(CC1CC1C(=O)OC)c1cc(OC)c(OC)cc1F. The van der Waals surface area contributed by atoms with Crippen molar-refractivity contribution in [1.82, 2.24) is 0 Å². The van der Waals surface area contributed by atoms with Crippen LogP contribution in [0.15, 0.2) is 12.1 Å². The van der Waals surface area contributed by atoms with Gasteiger partial charge in [-0.2, -0.15) is 0 Å². The zero-order valence-corrected chi connectivity index (χ0v) is 13.5. The molecule has 2 rings (SSSR count). The highest BCUT2D eigenvalue weighted by Crippen LogP contribution is 2.47. The molecule has 0 spiro atoms. The van der Waals surface area contributed by atoms with Gasteiger partial charge in [0.15, 0.2) is 11.5 Å².